The van der Waals surface area contributed by atoms with Crippen LogP contribution in [0.1, 0.15) is 16.1 Å². The number of aryl methyl sites for hydroxylation is 1. The normalized spacial score (nSPS) is 10.9. The summed E-state index contributed by atoms with van der Waals surface area (Å²) in [7, 11) is 1.91. The smallest absolute Gasteiger partial charge is 0.268 e. The molecule has 3 nitrogen and oxygen atoms in total. The van der Waals surface area contributed by atoms with Crippen LogP contribution in [0.2, 0.25) is 5.02 Å². The van der Waals surface area contributed by atoms with Crippen LogP contribution in [-0.4, -0.2) is 10.5 Å². The number of benzene rings is 1. The van der Waals surface area contributed by atoms with Crippen molar-refractivity contribution in [3.05, 3.63) is 58.1 Å². The number of fused-ring (bicyclic) bond motifs is 1. The Kier molecular flexibility index (Phi) is 3.51. The summed E-state index contributed by atoms with van der Waals surface area (Å²) in [6, 6.07) is 11.4. The van der Waals surface area contributed by atoms with E-state index in [1.165, 1.54) is 0 Å². The number of carbonyl (C=O) groups is 1. The number of nitrogens with zero attached hydrogens (tertiary/aromatic N) is 1. The molecule has 1 aromatic carbocycles. The topological polar surface area (TPSA) is 34.0 Å². The summed E-state index contributed by atoms with van der Waals surface area (Å²) in [5.74, 6) is -0.0733. The molecule has 20 heavy (non-hydrogen) atoms. The highest BCUT2D eigenvalue weighted by atomic mass is 35.5. The van der Waals surface area contributed by atoms with Gasteiger partial charge in [0, 0.05) is 18.6 Å². The van der Waals surface area contributed by atoms with Crippen molar-refractivity contribution < 1.29 is 4.79 Å². The zero-order valence-electron chi connectivity index (χ0n) is 10.9. The molecule has 0 unspecified atom stereocenters. The average molecular weight is 305 g/mol. The molecule has 0 saturated carbocycles. The second-order valence-corrected chi connectivity index (χ2v) is 5.96. The van der Waals surface area contributed by atoms with Gasteiger partial charge in [0.1, 0.15) is 5.69 Å². The average Bonchev–Trinajstić information content (AvgIpc) is 3.00. The van der Waals surface area contributed by atoms with Crippen molar-refractivity contribution in [1.29, 1.82) is 0 Å². The van der Waals surface area contributed by atoms with Gasteiger partial charge in [-0.25, -0.2) is 0 Å². The van der Waals surface area contributed by atoms with Crippen LogP contribution in [0.4, 0.5) is 0 Å². The summed E-state index contributed by atoms with van der Waals surface area (Å²) in [5, 5.41) is 5.62. The summed E-state index contributed by atoms with van der Waals surface area (Å²) in [4.78, 5) is 12.2. The maximum absolute atomic E-state index is 12.2. The zero-order valence-corrected chi connectivity index (χ0v) is 12.5. The van der Waals surface area contributed by atoms with E-state index < -0.39 is 0 Å². The molecule has 0 aliphatic heterocycles. The molecule has 0 aliphatic rings. The summed E-state index contributed by atoms with van der Waals surface area (Å²) in [6.45, 7) is 0.470. The first kappa shape index (κ1) is 13.2. The lowest BCUT2D eigenvalue weighted by molar-refractivity contribution is 0.0943. The van der Waals surface area contributed by atoms with Crippen molar-refractivity contribution in [2.75, 3.05) is 0 Å². The van der Waals surface area contributed by atoms with Crippen molar-refractivity contribution in [3.8, 4) is 0 Å². The largest absolute Gasteiger partial charge is 0.347 e. The van der Waals surface area contributed by atoms with E-state index in [0.29, 0.717) is 17.3 Å². The van der Waals surface area contributed by atoms with Crippen LogP contribution in [0.25, 0.3) is 10.2 Å². The second kappa shape index (κ2) is 5.31. The summed E-state index contributed by atoms with van der Waals surface area (Å²) < 4.78 is 3.04. The molecule has 2 aromatic heterocycles. The first-order chi connectivity index (χ1) is 9.65. The Hall–Kier alpha value is -1.78. The van der Waals surface area contributed by atoms with Crippen LogP contribution < -0.4 is 5.32 Å². The molecule has 0 atom stereocenters. The van der Waals surface area contributed by atoms with Crippen molar-refractivity contribution >= 4 is 39.1 Å². The van der Waals surface area contributed by atoms with Gasteiger partial charge in [-0.1, -0.05) is 23.7 Å². The molecule has 2 heterocycles. The molecule has 0 radical (unpaired) electrons. The molecule has 0 bridgehead atoms. The minimum atomic E-state index is -0.0733. The fourth-order valence-electron chi connectivity index (χ4n) is 2.19. The first-order valence-corrected chi connectivity index (χ1v) is 7.46. The Morgan fingerprint density at radius 2 is 2.20 bits per heavy atom. The fraction of sp³-hybridized carbons (Fsp3) is 0.133. The molecular formula is C15H13ClN2OS. The lowest BCUT2D eigenvalue weighted by Gasteiger charge is -2.07. The number of halogens is 1. The molecule has 3 rings (SSSR count). The Labute approximate surface area is 125 Å². The van der Waals surface area contributed by atoms with Gasteiger partial charge < -0.3 is 9.88 Å². The number of amides is 1. The van der Waals surface area contributed by atoms with Crippen molar-refractivity contribution in [1.82, 2.24) is 9.88 Å². The van der Waals surface area contributed by atoms with E-state index in [2.05, 4.69) is 5.32 Å². The molecule has 5 heteroatoms. The predicted octanol–water partition coefficient (Wildman–Crippen LogP) is 3.82. The standard InChI is InChI=1S/C15H13ClN2OS/c1-18-12-5-6-20-14(12)8-13(18)15(19)17-9-10-3-2-4-11(16)7-10/h2-8H,9H2,1H3,(H,17,19). The van der Waals surface area contributed by atoms with Gasteiger partial charge in [-0.2, -0.15) is 0 Å². The SMILES string of the molecule is Cn1c(C(=O)NCc2cccc(Cl)c2)cc2sccc21. The van der Waals surface area contributed by atoms with E-state index >= 15 is 0 Å². The lowest BCUT2D eigenvalue weighted by Crippen LogP contribution is -2.24. The molecule has 1 N–H and O–H groups in total. The maximum atomic E-state index is 12.2. The monoisotopic (exact) mass is 304 g/mol. The molecule has 102 valence electrons. The van der Waals surface area contributed by atoms with E-state index in [-0.39, 0.29) is 5.91 Å². The third-order valence-electron chi connectivity index (χ3n) is 3.24. The van der Waals surface area contributed by atoms with E-state index in [1.54, 1.807) is 11.3 Å². The minimum Gasteiger partial charge on any atom is -0.347 e. The van der Waals surface area contributed by atoms with Crippen LogP contribution in [0, 0.1) is 0 Å². The van der Waals surface area contributed by atoms with Crippen LogP contribution in [0.3, 0.4) is 0 Å². The molecule has 0 aliphatic carbocycles. The molecule has 3 aromatic rings. The predicted molar refractivity (Wildman–Crippen MR) is 83.4 cm³/mol. The number of thiophene rings is 1. The van der Waals surface area contributed by atoms with Crippen molar-refractivity contribution in [3.63, 3.8) is 0 Å². The lowest BCUT2D eigenvalue weighted by atomic mass is 10.2. The summed E-state index contributed by atoms with van der Waals surface area (Å²) >= 11 is 7.56. The van der Waals surface area contributed by atoms with Gasteiger partial charge in [0.05, 0.1) is 10.2 Å². The third kappa shape index (κ3) is 2.44. The van der Waals surface area contributed by atoms with Crippen LogP contribution in [-0.2, 0) is 13.6 Å². The maximum Gasteiger partial charge on any atom is 0.268 e. The quantitative estimate of drug-likeness (QED) is 0.784. The second-order valence-electron chi connectivity index (χ2n) is 4.57. The van der Waals surface area contributed by atoms with Crippen LogP contribution in [0.5, 0.6) is 0 Å². The van der Waals surface area contributed by atoms with E-state index in [1.807, 2.05) is 53.4 Å². The highest BCUT2D eigenvalue weighted by Gasteiger charge is 2.13. The van der Waals surface area contributed by atoms with Crippen LogP contribution in [0.15, 0.2) is 41.8 Å². The highest BCUT2D eigenvalue weighted by molar-refractivity contribution is 7.17. The zero-order chi connectivity index (χ0) is 14.1. The Bertz CT molecular complexity index is 775. The van der Waals surface area contributed by atoms with Gasteiger partial charge in [-0.3, -0.25) is 4.79 Å². The number of hydrogen-bond donors (Lipinski definition) is 1. The number of rotatable bonds is 3. The van der Waals surface area contributed by atoms with E-state index in [4.69, 9.17) is 11.6 Å². The number of carbonyl (C=O) groups excluding carboxylic acids is 1. The Morgan fingerprint density at radius 3 is 2.95 bits per heavy atom. The highest BCUT2D eigenvalue weighted by Crippen LogP contribution is 2.24. The Balaban J connectivity index is 1.76. The summed E-state index contributed by atoms with van der Waals surface area (Å²) in [6.07, 6.45) is 0. The van der Waals surface area contributed by atoms with Gasteiger partial charge in [0.2, 0.25) is 0 Å². The number of hydrogen-bond acceptors (Lipinski definition) is 2. The number of nitrogens with one attached hydrogen (secondary N) is 1. The number of aromatic nitrogens is 1. The van der Waals surface area contributed by atoms with Crippen molar-refractivity contribution in [2.45, 2.75) is 6.54 Å². The molecule has 0 fully saturated rings. The van der Waals surface area contributed by atoms with Gasteiger partial charge >= 0.3 is 0 Å². The molecule has 1 amide bonds. The van der Waals surface area contributed by atoms with Gasteiger partial charge in [-0.15, -0.1) is 11.3 Å². The minimum absolute atomic E-state index is 0.0733. The van der Waals surface area contributed by atoms with Crippen LogP contribution >= 0.6 is 22.9 Å². The van der Waals surface area contributed by atoms with E-state index in [9.17, 15) is 4.79 Å². The molecule has 0 spiro atoms. The van der Waals surface area contributed by atoms with Crippen molar-refractivity contribution in [2.24, 2.45) is 7.05 Å². The van der Waals surface area contributed by atoms with Gasteiger partial charge in [0.15, 0.2) is 0 Å². The third-order valence-corrected chi connectivity index (χ3v) is 4.33. The van der Waals surface area contributed by atoms with E-state index in [0.717, 1.165) is 15.8 Å². The molecule has 0 saturated heterocycles. The van der Waals surface area contributed by atoms with Gasteiger partial charge in [-0.05, 0) is 35.2 Å². The first-order valence-electron chi connectivity index (χ1n) is 6.21. The van der Waals surface area contributed by atoms with Gasteiger partial charge in [0.25, 0.3) is 5.91 Å². The molecular weight excluding hydrogens is 292 g/mol. The fourth-order valence-corrected chi connectivity index (χ4v) is 3.25. The summed E-state index contributed by atoms with van der Waals surface area (Å²) in [5.41, 5.74) is 2.75. The Morgan fingerprint density at radius 1 is 1.35 bits per heavy atom.